The second-order valence-corrected chi connectivity index (χ2v) is 5.52. The second-order valence-electron chi connectivity index (χ2n) is 4.60. The van der Waals surface area contributed by atoms with E-state index in [1.54, 1.807) is 18.2 Å². The lowest BCUT2D eigenvalue weighted by Gasteiger charge is -2.20. The number of amides is 1. The molecule has 0 atom stereocenters. The highest BCUT2D eigenvalue weighted by Gasteiger charge is 2.15. The van der Waals surface area contributed by atoms with Gasteiger partial charge in [0.15, 0.2) is 13.2 Å². The summed E-state index contributed by atoms with van der Waals surface area (Å²) in [5.41, 5.74) is 0. The predicted molar refractivity (Wildman–Crippen MR) is 87.6 cm³/mol. The van der Waals surface area contributed by atoms with E-state index in [0.717, 1.165) is 4.47 Å². The van der Waals surface area contributed by atoms with Crippen LogP contribution in [0.4, 0.5) is 0 Å². The summed E-state index contributed by atoms with van der Waals surface area (Å²) in [4.78, 5) is 24.9. The van der Waals surface area contributed by atoms with E-state index in [-0.39, 0.29) is 32.5 Å². The van der Waals surface area contributed by atoms with Crippen LogP contribution in [0.3, 0.4) is 0 Å². The minimum atomic E-state index is -0.677. The van der Waals surface area contributed by atoms with Gasteiger partial charge < -0.3 is 14.4 Å². The fourth-order valence-electron chi connectivity index (χ4n) is 1.71. The van der Waals surface area contributed by atoms with E-state index in [1.165, 1.54) is 4.90 Å². The van der Waals surface area contributed by atoms with Crippen molar-refractivity contribution in [1.29, 1.82) is 10.5 Å². The Morgan fingerprint density at radius 3 is 2.38 bits per heavy atom. The molecule has 126 valence electrons. The number of nitrogens with zero attached hydrogens (tertiary/aromatic N) is 3. The lowest BCUT2D eigenvalue weighted by Crippen LogP contribution is -2.36. The zero-order valence-corrected chi connectivity index (χ0v) is 14.5. The van der Waals surface area contributed by atoms with Crippen LogP contribution in [0, 0.1) is 22.7 Å². The number of halogens is 1. The molecule has 7 nitrogen and oxygen atoms in total. The summed E-state index contributed by atoms with van der Waals surface area (Å²) in [6.45, 7) is -0.371. The van der Waals surface area contributed by atoms with E-state index >= 15 is 0 Å². The Labute approximate surface area is 148 Å². The van der Waals surface area contributed by atoms with Crippen LogP contribution in [0.5, 0.6) is 5.75 Å². The molecule has 0 aliphatic carbocycles. The summed E-state index contributed by atoms with van der Waals surface area (Å²) < 4.78 is 10.9. The standard InChI is InChI=1S/C16H16BrN3O4/c17-13-4-1-5-14(10-13)23-12-16(22)24-11-15(21)20(8-2-6-18)9-3-7-19/h1,4-5,10H,2-3,8-9,11-12H2. The molecule has 24 heavy (non-hydrogen) atoms. The van der Waals surface area contributed by atoms with Crippen molar-refractivity contribution in [2.24, 2.45) is 0 Å². The average Bonchev–Trinajstić information content (AvgIpc) is 2.58. The highest BCUT2D eigenvalue weighted by atomic mass is 79.9. The van der Waals surface area contributed by atoms with Gasteiger partial charge in [-0.05, 0) is 18.2 Å². The zero-order valence-electron chi connectivity index (χ0n) is 12.9. The quantitative estimate of drug-likeness (QED) is 0.594. The maximum atomic E-state index is 12.0. The summed E-state index contributed by atoms with van der Waals surface area (Å²) >= 11 is 3.28. The van der Waals surface area contributed by atoms with Gasteiger partial charge in [0, 0.05) is 17.6 Å². The number of benzene rings is 1. The minimum Gasteiger partial charge on any atom is -0.482 e. The van der Waals surface area contributed by atoms with Crippen molar-refractivity contribution in [2.45, 2.75) is 12.8 Å². The zero-order chi connectivity index (χ0) is 17.8. The van der Waals surface area contributed by atoms with Gasteiger partial charge in [0.1, 0.15) is 5.75 Å². The first kappa shape index (κ1) is 19.5. The lowest BCUT2D eigenvalue weighted by atomic mass is 10.3. The summed E-state index contributed by atoms with van der Waals surface area (Å²) in [6, 6.07) is 10.8. The Morgan fingerprint density at radius 2 is 1.79 bits per heavy atom. The molecular formula is C16H16BrN3O4. The molecule has 1 aromatic carbocycles. The fraction of sp³-hybridized carbons (Fsp3) is 0.375. The number of carbonyl (C=O) groups excluding carboxylic acids is 2. The number of esters is 1. The molecule has 0 spiro atoms. The predicted octanol–water partition coefficient (Wildman–Crippen LogP) is 2.03. The van der Waals surface area contributed by atoms with Crippen LogP contribution in [-0.4, -0.2) is 43.1 Å². The molecule has 0 aliphatic rings. The molecule has 1 amide bonds. The number of carbonyl (C=O) groups is 2. The van der Waals surface area contributed by atoms with Crippen molar-refractivity contribution in [3.05, 3.63) is 28.7 Å². The van der Waals surface area contributed by atoms with E-state index in [0.29, 0.717) is 5.75 Å². The van der Waals surface area contributed by atoms with Gasteiger partial charge >= 0.3 is 5.97 Å². The number of hydrogen-bond acceptors (Lipinski definition) is 6. The van der Waals surface area contributed by atoms with Crippen LogP contribution < -0.4 is 4.74 Å². The molecule has 0 heterocycles. The summed E-state index contributed by atoms with van der Waals surface area (Å²) in [5, 5.41) is 17.2. The Hall–Kier alpha value is -2.58. The number of ether oxygens (including phenoxy) is 2. The van der Waals surface area contributed by atoms with Crippen LogP contribution in [0.25, 0.3) is 0 Å². The Kier molecular flexibility index (Phi) is 8.95. The van der Waals surface area contributed by atoms with Gasteiger partial charge in [-0.25, -0.2) is 4.79 Å². The van der Waals surface area contributed by atoms with Crippen molar-refractivity contribution in [3.63, 3.8) is 0 Å². The maximum Gasteiger partial charge on any atom is 0.344 e. The molecule has 0 aromatic heterocycles. The third-order valence-corrected chi connectivity index (χ3v) is 3.34. The van der Waals surface area contributed by atoms with Gasteiger partial charge in [0.25, 0.3) is 5.91 Å². The first-order chi connectivity index (χ1) is 11.6. The highest BCUT2D eigenvalue weighted by Crippen LogP contribution is 2.17. The molecule has 0 bridgehead atoms. The van der Waals surface area contributed by atoms with E-state index < -0.39 is 18.5 Å². The molecule has 0 unspecified atom stereocenters. The molecule has 1 aromatic rings. The van der Waals surface area contributed by atoms with Crippen molar-refractivity contribution >= 4 is 27.8 Å². The van der Waals surface area contributed by atoms with Gasteiger partial charge in [-0.1, -0.05) is 22.0 Å². The lowest BCUT2D eigenvalue weighted by molar-refractivity contribution is -0.153. The van der Waals surface area contributed by atoms with Gasteiger partial charge in [0.05, 0.1) is 25.0 Å². The topological polar surface area (TPSA) is 103 Å². The first-order valence-corrected chi connectivity index (χ1v) is 7.91. The molecular weight excluding hydrogens is 378 g/mol. The van der Waals surface area contributed by atoms with Crippen LogP contribution in [-0.2, 0) is 14.3 Å². The maximum absolute atomic E-state index is 12.0. The largest absolute Gasteiger partial charge is 0.482 e. The minimum absolute atomic E-state index is 0.150. The average molecular weight is 394 g/mol. The Morgan fingerprint density at radius 1 is 1.12 bits per heavy atom. The Balaban J connectivity index is 2.39. The van der Waals surface area contributed by atoms with E-state index in [4.69, 9.17) is 20.0 Å². The number of hydrogen-bond donors (Lipinski definition) is 0. The van der Waals surface area contributed by atoms with Gasteiger partial charge in [0.2, 0.25) is 0 Å². The molecule has 0 radical (unpaired) electrons. The third kappa shape index (κ3) is 7.61. The van der Waals surface area contributed by atoms with E-state index in [1.807, 2.05) is 18.2 Å². The number of rotatable bonds is 9. The molecule has 0 aliphatic heterocycles. The molecule has 0 N–H and O–H groups in total. The van der Waals surface area contributed by atoms with Gasteiger partial charge in [-0.2, -0.15) is 10.5 Å². The van der Waals surface area contributed by atoms with Gasteiger partial charge in [-0.3, -0.25) is 4.79 Å². The highest BCUT2D eigenvalue weighted by molar-refractivity contribution is 9.10. The van der Waals surface area contributed by atoms with Crippen LogP contribution in [0.15, 0.2) is 28.7 Å². The monoisotopic (exact) mass is 393 g/mol. The van der Waals surface area contributed by atoms with E-state index in [2.05, 4.69) is 15.9 Å². The van der Waals surface area contributed by atoms with Crippen LogP contribution >= 0.6 is 15.9 Å². The first-order valence-electron chi connectivity index (χ1n) is 7.12. The molecule has 8 heteroatoms. The fourth-order valence-corrected chi connectivity index (χ4v) is 2.08. The second kappa shape index (κ2) is 11.0. The summed E-state index contributed by atoms with van der Waals surface area (Å²) in [7, 11) is 0. The van der Waals surface area contributed by atoms with Gasteiger partial charge in [-0.15, -0.1) is 0 Å². The molecule has 0 saturated heterocycles. The summed E-state index contributed by atoms with van der Waals surface area (Å²) in [5.74, 6) is -0.627. The third-order valence-electron chi connectivity index (χ3n) is 2.85. The SMILES string of the molecule is N#CCCN(CCC#N)C(=O)COC(=O)COc1cccc(Br)c1. The van der Waals surface area contributed by atoms with Crippen molar-refractivity contribution in [1.82, 2.24) is 4.90 Å². The van der Waals surface area contributed by atoms with Crippen molar-refractivity contribution in [2.75, 3.05) is 26.3 Å². The smallest absolute Gasteiger partial charge is 0.344 e. The normalized spacial score (nSPS) is 9.46. The Bertz CT molecular complexity index is 633. The van der Waals surface area contributed by atoms with E-state index in [9.17, 15) is 9.59 Å². The number of nitriles is 2. The van der Waals surface area contributed by atoms with Crippen molar-refractivity contribution in [3.8, 4) is 17.9 Å². The molecule has 0 fully saturated rings. The van der Waals surface area contributed by atoms with Crippen LogP contribution in [0.1, 0.15) is 12.8 Å². The molecule has 1 rings (SSSR count). The van der Waals surface area contributed by atoms with Crippen molar-refractivity contribution < 1.29 is 19.1 Å². The molecule has 0 saturated carbocycles. The van der Waals surface area contributed by atoms with Crippen LogP contribution in [0.2, 0.25) is 0 Å². The summed E-state index contributed by atoms with van der Waals surface area (Å²) in [6.07, 6.45) is 0.300.